The molecule has 0 radical (unpaired) electrons. The topological polar surface area (TPSA) is 26.0 Å². The highest BCUT2D eigenvalue weighted by Crippen LogP contribution is 2.37. The summed E-state index contributed by atoms with van der Waals surface area (Å²) in [5.41, 5.74) is 9.34. The van der Waals surface area contributed by atoms with E-state index in [1.807, 2.05) is 0 Å². The predicted molar refractivity (Wildman–Crippen MR) is 67.5 cm³/mol. The van der Waals surface area contributed by atoms with Gasteiger partial charge in [-0.25, -0.2) is 0 Å². The number of fused-ring (bicyclic) bond motifs is 1. The fourth-order valence-electron chi connectivity index (χ4n) is 2.49. The van der Waals surface area contributed by atoms with Gasteiger partial charge in [-0.1, -0.05) is 31.2 Å². The number of benzene rings is 1. The molecule has 2 N–H and O–H groups in total. The highest BCUT2D eigenvalue weighted by atomic mass is 35.5. The molecule has 0 fully saturated rings. The lowest BCUT2D eigenvalue weighted by atomic mass is 9.70. The molecule has 1 nitrogen and oxygen atoms in total. The first-order chi connectivity index (χ1) is 6.79. The van der Waals surface area contributed by atoms with Gasteiger partial charge in [0.1, 0.15) is 0 Å². The van der Waals surface area contributed by atoms with E-state index in [0.717, 1.165) is 6.54 Å². The molecule has 0 bridgehead atoms. The van der Waals surface area contributed by atoms with Gasteiger partial charge in [-0.05, 0) is 48.8 Å². The van der Waals surface area contributed by atoms with Crippen LogP contribution in [-0.2, 0) is 12.8 Å². The Bertz CT molecular complexity index is 318. The van der Waals surface area contributed by atoms with Crippen LogP contribution in [-0.4, -0.2) is 6.54 Å². The zero-order valence-electron chi connectivity index (χ0n) is 9.33. The van der Waals surface area contributed by atoms with Crippen LogP contribution in [0.4, 0.5) is 0 Å². The largest absolute Gasteiger partial charge is 0.330 e. The summed E-state index contributed by atoms with van der Waals surface area (Å²) < 4.78 is 0. The number of hydrogen-bond acceptors (Lipinski definition) is 1. The van der Waals surface area contributed by atoms with E-state index in [1.165, 1.54) is 36.8 Å². The van der Waals surface area contributed by atoms with Crippen LogP contribution in [0.1, 0.15) is 30.9 Å². The Kier molecular flexibility index (Phi) is 4.18. The van der Waals surface area contributed by atoms with Crippen molar-refractivity contribution in [3.8, 4) is 0 Å². The van der Waals surface area contributed by atoms with Gasteiger partial charge < -0.3 is 5.73 Å². The zero-order chi connectivity index (χ0) is 10.0. The number of hydrogen-bond donors (Lipinski definition) is 1. The van der Waals surface area contributed by atoms with Gasteiger partial charge in [0, 0.05) is 0 Å². The molecular weight excluding hydrogens is 206 g/mol. The zero-order valence-corrected chi connectivity index (χ0v) is 10.1. The lowest BCUT2D eigenvalue weighted by Crippen LogP contribution is -2.35. The van der Waals surface area contributed by atoms with Gasteiger partial charge >= 0.3 is 0 Å². The van der Waals surface area contributed by atoms with Crippen LogP contribution in [0.15, 0.2) is 24.3 Å². The summed E-state index contributed by atoms with van der Waals surface area (Å²) in [5, 5.41) is 0. The molecule has 0 saturated heterocycles. The van der Waals surface area contributed by atoms with Gasteiger partial charge in [0.15, 0.2) is 0 Å². The Morgan fingerprint density at radius 3 is 2.53 bits per heavy atom. The minimum atomic E-state index is 0. The first-order valence-electron chi connectivity index (χ1n) is 5.56. The van der Waals surface area contributed by atoms with Crippen molar-refractivity contribution in [3.63, 3.8) is 0 Å². The first-order valence-corrected chi connectivity index (χ1v) is 5.56. The van der Waals surface area contributed by atoms with Crippen molar-refractivity contribution in [1.82, 2.24) is 0 Å². The summed E-state index contributed by atoms with van der Waals surface area (Å²) in [4.78, 5) is 0. The Labute approximate surface area is 98.5 Å². The summed E-state index contributed by atoms with van der Waals surface area (Å²) in [6, 6.07) is 8.79. The van der Waals surface area contributed by atoms with Crippen LogP contribution in [0.3, 0.4) is 0 Å². The number of aryl methyl sites for hydroxylation is 1. The molecule has 1 aromatic carbocycles. The Morgan fingerprint density at radius 2 is 1.93 bits per heavy atom. The van der Waals surface area contributed by atoms with Gasteiger partial charge in [-0.3, -0.25) is 0 Å². The average molecular weight is 226 g/mol. The molecule has 1 aromatic rings. The summed E-state index contributed by atoms with van der Waals surface area (Å²) in [6.07, 6.45) is 4.85. The third kappa shape index (κ3) is 2.35. The average Bonchev–Trinajstić information content (AvgIpc) is 2.28. The van der Waals surface area contributed by atoms with Crippen LogP contribution in [0.2, 0.25) is 0 Å². The van der Waals surface area contributed by atoms with Crippen molar-refractivity contribution in [2.45, 2.75) is 32.6 Å². The SMILES string of the molecule is CCC1(CN)CCc2ccccc2C1.Cl. The van der Waals surface area contributed by atoms with Crippen LogP contribution in [0, 0.1) is 5.41 Å². The quantitative estimate of drug-likeness (QED) is 0.823. The molecule has 0 aliphatic heterocycles. The van der Waals surface area contributed by atoms with Crippen molar-refractivity contribution in [2.24, 2.45) is 11.1 Å². The van der Waals surface area contributed by atoms with Crippen LogP contribution in [0.5, 0.6) is 0 Å². The Morgan fingerprint density at radius 1 is 1.27 bits per heavy atom. The molecular formula is C13H20ClN. The third-order valence-corrected chi connectivity index (χ3v) is 3.79. The third-order valence-electron chi connectivity index (χ3n) is 3.79. The highest BCUT2D eigenvalue weighted by molar-refractivity contribution is 5.85. The Balaban J connectivity index is 0.00000112. The molecule has 1 unspecified atom stereocenters. The molecule has 0 aromatic heterocycles. The summed E-state index contributed by atoms with van der Waals surface area (Å²) in [7, 11) is 0. The standard InChI is InChI=1S/C13H19N.ClH/c1-2-13(10-14)8-7-11-5-3-4-6-12(11)9-13;/h3-6H,2,7-10,14H2,1H3;1H. The molecule has 84 valence electrons. The second-order valence-electron chi connectivity index (χ2n) is 4.50. The number of halogens is 1. The minimum Gasteiger partial charge on any atom is -0.330 e. The molecule has 1 aliphatic rings. The minimum absolute atomic E-state index is 0. The summed E-state index contributed by atoms with van der Waals surface area (Å²) in [6.45, 7) is 3.10. The van der Waals surface area contributed by atoms with Crippen molar-refractivity contribution >= 4 is 12.4 Å². The lowest BCUT2D eigenvalue weighted by molar-refractivity contribution is 0.245. The Hall–Kier alpha value is -0.530. The smallest absolute Gasteiger partial charge is 0.00173 e. The first kappa shape index (κ1) is 12.5. The second-order valence-corrected chi connectivity index (χ2v) is 4.50. The van der Waals surface area contributed by atoms with E-state index in [-0.39, 0.29) is 12.4 Å². The van der Waals surface area contributed by atoms with Gasteiger partial charge in [0.25, 0.3) is 0 Å². The molecule has 0 amide bonds. The van der Waals surface area contributed by atoms with Crippen LogP contribution in [0.25, 0.3) is 0 Å². The number of nitrogens with two attached hydrogens (primary N) is 1. The molecule has 1 atom stereocenters. The molecule has 2 rings (SSSR count). The number of rotatable bonds is 2. The maximum Gasteiger partial charge on any atom is -0.00173 e. The molecule has 2 heteroatoms. The van der Waals surface area contributed by atoms with Crippen LogP contribution < -0.4 is 5.73 Å². The van der Waals surface area contributed by atoms with Gasteiger partial charge in [-0.2, -0.15) is 0 Å². The predicted octanol–water partition coefficient (Wildman–Crippen LogP) is 2.95. The molecule has 15 heavy (non-hydrogen) atoms. The maximum atomic E-state index is 5.91. The van der Waals surface area contributed by atoms with E-state index in [1.54, 1.807) is 0 Å². The van der Waals surface area contributed by atoms with E-state index in [0.29, 0.717) is 5.41 Å². The summed E-state index contributed by atoms with van der Waals surface area (Å²) >= 11 is 0. The van der Waals surface area contributed by atoms with E-state index >= 15 is 0 Å². The van der Waals surface area contributed by atoms with Crippen molar-refractivity contribution in [3.05, 3.63) is 35.4 Å². The highest BCUT2D eigenvalue weighted by Gasteiger charge is 2.30. The fraction of sp³-hybridized carbons (Fsp3) is 0.538. The van der Waals surface area contributed by atoms with Crippen LogP contribution >= 0.6 is 12.4 Å². The van der Waals surface area contributed by atoms with Crippen molar-refractivity contribution in [1.29, 1.82) is 0 Å². The molecule has 0 saturated carbocycles. The van der Waals surface area contributed by atoms with E-state index in [2.05, 4.69) is 31.2 Å². The van der Waals surface area contributed by atoms with Crippen molar-refractivity contribution in [2.75, 3.05) is 6.54 Å². The van der Waals surface area contributed by atoms with Crippen molar-refractivity contribution < 1.29 is 0 Å². The van der Waals surface area contributed by atoms with Gasteiger partial charge in [-0.15, -0.1) is 12.4 Å². The van der Waals surface area contributed by atoms with E-state index in [9.17, 15) is 0 Å². The monoisotopic (exact) mass is 225 g/mol. The second kappa shape index (κ2) is 5.00. The normalized spacial score (nSPS) is 24.1. The fourth-order valence-corrected chi connectivity index (χ4v) is 2.49. The molecule has 0 spiro atoms. The lowest BCUT2D eigenvalue weighted by Gasteiger charge is -2.36. The summed E-state index contributed by atoms with van der Waals surface area (Å²) in [5.74, 6) is 0. The van der Waals surface area contributed by atoms with Gasteiger partial charge in [0.2, 0.25) is 0 Å². The molecule has 0 heterocycles. The molecule has 1 aliphatic carbocycles. The van der Waals surface area contributed by atoms with E-state index in [4.69, 9.17) is 5.73 Å². The van der Waals surface area contributed by atoms with Gasteiger partial charge in [0.05, 0.1) is 0 Å². The van der Waals surface area contributed by atoms with E-state index < -0.39 is 0 Å². The maximum absolute atomic E-state index is 5.91.